The molecule has 4 rings (SSSR count). The zero-order valence-electron chi connectivity index (χ0n) is 25.9. The monoisotopic (exact) mass is 678 g/mol. The van der Waals surface area contributed by atoms with Crippen LogP contribution in [0.2, 0.25) is 5.02 Å². The third kappa shape index (κ3) is 9.64. The summed E-state index contributed by atoms with van der Waals surface area (Å²) in [5.74, 6) is -4.30. The number of hydrogen-bond acceptors (Lipinski definition) is 4. The average Bonchev–Trinajstić information content (AvgIpc) is 3.02. The first-order chi connectivity index (χ1) is 22.2. The second-order valence-corrected chi connectivity index (χ2v) is 12.7. The van der Waals surface area contributed by atoms with Crippen LogP contribution in [0.3, 0.4) is 0 Å². The molecule has 0 saturated carbocycles. The van der Waals surface area contributed by atoms with Gasteiger partial charge in [-0.2, -0.15) is 0 Å². The number of rotatable bonds is 17. The van der Waals surface area contributed by atoms with Crippen molar-refractivity contribution in [3.63, 3.8) is 0 Å². The Morgan fingerprint density at radius 2 is 1.52 bits per heavy atom. The molecule has 0 aliphatic carbocycles. The maximum absolute atomic E-state index is 15.0. The zero-order chi connectivity index (χ0) is 33.1. The van der Waals surface area contributed by atoms with Crippen molar-refractivity contribution in [1.29, 1.82) is 0 Å². The van der Waals surface area contributed by atoms with E-state index in [0.29, 0.717) is 35.1 Å². The predicted molar refractivity (Wildman–Crippen MR) is 175 cm³/mol. The number of carbonyl (C=O) groups is 2. The van der Waals surface area contributed by atoms with Crippen molar-refractivity contribution in [3.8, 4) is 5.75 Å². The third-order valence-corrected chi connectivity index (χ3v) is 9.36. The van der Waals surface area contributed by atoms with Gasteiger partial charge in [0.2, 0.25) is 5.91 Å². The summed E-state index contributed by atoms with van der Waals surface area (Å²) in [4.78, 5) is 27.7. The van der Waals surface area contributed by atoms with Gasteiger partial charge in [0.15, 0.2) is 0 Å². The van der Waals surface area contributed by atoms with E-state index < -0.39 is 41.3 Å². The normalized spacial score (nSPS) is 12.7. The molecule has 0 spiro atoms. The lowest BCUT2D eigenvalue weighted by Crippen LogP contribution is -2.35. The fourth-order valence-corrected chi connectivity index (χ4v) is 6.53. The van der Waals surface area contributed by atoms with Crippen molar-refractivity contribution in [2.24, 2.45) is 0 Å². The molecule has 1 heterocycles. The molecule has 0 radical (unpaired) electrons. The van der Waals surface area contributed by atoms with Crippen LogP contribution in [0, 0.1) is 23.3 Å². The van der Waals surface area contributed by atoms with Gasteiger partial charge in [-0.25, -0.2) is 17.6 Å². The van der Waals surface area contributed by atoms with Crippen molar-refractivity contribution >= 4 is 40.9 Å². The standard InChI is InChI=1S/C35H39ClF4N2O3S/c1-2-3-4-5-6-7-8-9-10-11-16-45-31-15-13-27(38)26(34(31)36)21-42-30-14-12-23(17-32(30)46-22-33(42)43)35(44)41-20-25-28(39)18-24(37)19-29(25)40/h12-15,17-19H,2-11,16,20-22H2,1H3,(H,41,44). The zero-order valence-corrected chi connectivity index (χ0v) is 27.5. The van der Waals surface area contributed by atoms with Crippen molar-refractivity contribution < 1.29 is 31.9 Å². The summed E-state index contributed by atoms with van der Waals surface area (Å²) in [5, 5.41) is 2.54. The number of nitrogens with zero attached hydrogens (tertiary/aromatic N) is 1. The number of nitrogens with one attached hydrogen (secondary N) is 1. The topological polar surface area (TPSA) is 58.6 Å². The molecule has 0 atom stereocenters. The highest BCUT2D eigenvalue weighted by Gasteiger charge is 2.28. The number of anilines is 1. The Morgan fingerprint density at radius 3 is 2.20 bits per heavy atom. The van der Waals surface area contributed by atoms with E-state index in [1.807, 2.05) is 0 Å². The van der Waals surface area contributed by atoms with Gasteiger partial charge in [-0.3, -0.25) is 9.59 Å². The van der Waals surface area contributed by atoms with Gasteiger partial charge in [-0.1, -0.05) is 76.3 Å². The van der Waals surface area contributed by atoms with Gasteiger partial charge in [0.1, 0.15) is 29.0 Å². The Labute approximate surface area is 277 Å². The molecular formula is C35H39ClF4N2O3S. The van der Waals surface area contributed by atoms with Crippen molar-refractivity contribution in [2.75, 3.05) is 17.3 Å². The van der Waals surface area contributed by atoms with Gasteiger partial charge in [-0.15, -0.1) is 11.8 Å². The lowest BCUT2D eigenvalue weighted by atomic mass is 10.1. The number of benzene rings is 3. The van der Waals surface area contributed by atoms with Gasteiger partial charge < -0.3 is 15.0 Å². The minimum Gasteiger partial charge on any atom is -0.492 e. The molecule has 0 bridgehead atoms. The van der Waals surface area contributed by atoms with Gasteiger partial charge in [-0.05, 0) is 36.8 Å². The number of carbonyl (C=O) groups excluding carboxylic acids is 2. The van der Waals surface area contributed by atoms with E-state index in [2.05, 4.69) is 12.2 Å². The number of halogens is 5. The second kappa shape index (κ2) is 17.6. The Morgan fingerprint density at radius 1 is 0.870 bits per heavy atom. The van der Waals surface area contributed by atoms with Crippen LogP contribution in [0.15, 0.2) is 47.4 Å². The highest BCUT2D eigenvalue weighted by molar-refractivity contribution is 8.00. The molecule has 5 nitrogen and oxygen atoms in total. The summed E-state index contributed by atoms with van der Waals surface area (Å²) in [6.07, 6.45) is 12.0. The molecule has 248 valence electrons. The van der Waals surface area contributed by atoms with Crippen LogP contribution in [-0.4, -0.2) is 24.2 Å². The molecule has 2 amide bonds. The predicted octanol–water partition coefficient (Wildman–Crippen LogP) is 9.76. The van der Waals surface area contributed by atoms with E-state index >= 15 is 4.39 Å². The summed E-state index contributed by atoms with van der Waals surface area (Å²) in [7, 11) is 0. The molecule has 1 N–H and O–H groups in total. The first-order valence-electron chi connectivity index (χ1n) is 15.8. The first kappa shape index (κ1) is 35.6. The first-order valence-corrected chi connectivity index (χ1v) is 17.1. The summed E-state index contributed by atoms with van der Waals surface area (Å²) in [6, 6.07) is 8.43. The highest BCUT2D eigenvalue weighted by atomic mass is 35.5. The Balaban J connectivity index is 1.34. The van der Waals surface area contributed by atoms with Crippen LogP contribution in [0.25, 0.3) is 0 Å². The Bertz CT molecular complexity index is 1500. The van der Waals surface area contributed by atoms with Crippen LogP contribution in [0.1, 0.15) is 92.6 Å². The van der Waals surface area contributed by atoms with Crippen molar-refractivity contribution in [3.05, 3.63) is 87.4 Å². The molecule has 0 saturated heterocycles. The van der Waals surface area contributed by atoms with E-state index in [1.165, 1.54) is 79.8 Å². The fourth-order valence-electron chi connectivity index (χ4n) is 5.29. The van der Waals surface area contributed by atoms with Crippen molar-refractivity contribution in [1.82, 2.24) is 5.32 Å². The van der Waals surface area contributed by atoms with Crippen LogP contribution in [-0.2, 0) is 17.9 Å². The second-order valence-electron chi connectivity index (χ2n) is 11.4. The highest BCUT2D eigenvalue weighted by Crippen LogP contribution is 2.39. The van der Waals surface area contributed by atoms with E-state index in [9.17, 15) is 22.8 Å². The van der Waals surface area contributed by atoms with E-state index in [-0.39, 0.29) is 34.4 Å². The smallest absolute Gasteiger partial charge is 0.251 e. The Kier molecular flexibility index (Phi) is 13.6. The molecule has 0 unspecified atom stereocenters. The van der Waals surface area contributed by atoms with Gasteiger partial charge >= 0.3 is 0 Å². The summed E-state index contributed by atoms with van der Waals surface area (Å²) in [5.41, 5.74) is 0.321. The molecule has 11 heteroatoms. The minimum absolute atomic E-state index is 0.0538. The third-order valence-electron chi connectivity index (χ3n) is 7.92. The largest absolute Gasteiger partial charge is 0.492 e. The number of fused-ring (bicyclic) bond motifs is 1. The van der Waals surface area contributed by atoms with E-state index in [4.69, 9.17) is 16.3 Å². The van der Waals surface area contributed by atoms with E-state index in [0.717, 1.165) is 19.3 Å². The number of unbranched alkanes of at least 4 members (excludes halogenated alkanes) is 9. The van der Waals surface area contributed by atoms with E-state index in [1.54, 1.807) is 12.1 Å². The van der Waals surface area contributed by atoms with Crippen LogP contribution in [0.4, 0.5) is 23.2 Å². The number of amides is 2. The molecular weight excluding hydrogens is 640 g/mol. The molecule has 1 aliphatic rings. The lowest BCUT2D eigenvalue weighted by molar-refractivity contribution is -0.116. The fraction of sp³-hybridized carbons (Fsp3) is 0.429. The molecule has 1 aliphatic heterocycles. The average molecular weight is 679 g/mol. The van der Waals surface area contributed by atoms with Gasteiger partial charge in [0.05, 0.1) is 29.6 Å². The maximum atomic E-state index is 15.0. The quantitative estimate of drug-likeness (QED) is 0.114. The number of hydrogen-bond donors (Lipinski definition) is 1. The summed E-state index contributed by atoms with van der Waals surface area (Å²) >= 11 is 7.80. The number of ether oxygens (including phenoxy) is 1. The van der Waals surface area contributed by atoms with Crippen LogP contribution in [0.5, 0.6) is 5.75 Å². The van der Waals surface area contributed by atoms with Crippen LogP contribution >= 0.6 is 23.4 Å². The Hall–Kier alpha value is -3.24. The maximum Gasteiger partial charge on any atom is 0.251 e. The van der Waals surface area contributed by atoms with Crippen LogP contribution < -0.4 is 15.0 Å². The molecule has 0 aromatic heterocycles. The summed E-state index contributed by atoms with van der Waals surface area (Å²) in [6.45, 7) is 2.05. The SMILES string of the molecule is CCCCCCCCCCCCOc1ccc(F)c(CN2C(=O)CSc3cc(C(=O)NCc4c(F)cc(F)cc4F)ccc32)c1Cl. The summed E-state index contributed by atoms with van der Waals surface area (Å²) < 4.78 is 62.1. The van der Waals surface area contributed by atoms with Gasteiger partial charge in [0.25, 0.3) is 5.91 Å². The molecule has 3 aromatic rings. The minimum atomic E-state index is -1.10. The lowest BCUT2D eigenvalue weighted by Gasteiger charge is -2.30. The molecule has 3 aromatic carbocycles. The number of thioether (sulfide) groups is 1. The molecule has 0 fully saturated rings. The van der Waals surface area contributed by atoms with Gasteiger partial charge in [0, 0.05) is 40.3 Å². The van der Waals surface area contributed by atoms with Crippen molar-refractivity contribution in [2.45, 2.75) is 89.1 Å². The molecule has 46 heavy (non-hydrogen) atoms.